The van der Waals surface area contributed by atoms with Crippen molar-refractivity contribution in [3.8, 4) is 0 Å². The van der Waals surface area contributed by atoms with Gasteiger partial charge in [-0.25, -0.2) is 9.78 Å². The van der Waals surface area contributed by atoms with Crippen LogP contribution in [-0.4, -0.2) is 45.2 Å². The fourth-order valence-electron chi connectivity index (χ4n) is 1.66. The minimum Gasteiger partial charge on any atom is -0.465 e. The van der Waals surface area contributed by atoms with Crippen LogP contribution in [0.2, 0.25) is 0 Å². The monoisotopic (exact) mass is 329 g/mol. The summed E-state index contributed by atoms with van der Waals surface area (Å²) in [7, 11) is 0. The quantitative estimate of drug-likeness (QED) is 0.680. The predicted octanol–water partition coefficient (Wildman–Crippen LogP) is 2.55. The molecule has 0 aliphatic carbocycles. The molecule has 0 aromatic carbocycles. The minimum absolute atomic E-state index is 0.0311. The average Bonchev–Trinajstić information content (AvgIpc) is 2.91. The molecule has 8 heteroatoms. The van der Waals surface area contributed by atoms with Crippen molar-refractivity contribution in [1.82, 2.24) is 9.88 Å². The molecule has 0 fully saturated rings. The van der Waals surface area contributed by atoms with E-state index in [9.17, 15) is 14.7 Å². The van der Waals surface area contributed by atoms with E-state index in [1.807, 2.05) is 6.92 Å². The van der Waals surface area contributed by atoms with Crippen LogP contribution < -0.4 is 5.32 Å². The molecule has 124 valence electrons. The molecule has 0 aliphatic rings. The van der Waals surface area contributed by atoms with Gasteiger partial charge in [0.1, 0.15) is 6.10 Å². The number of anilines is 1. The maximum absolute atomic E-state index is 11.6. The lowest BCUT2D eigenvalue weighted by Crippen LogP contribution is -2.34. The smallest absolute Gasteiger partial charge is 0.407 e. The second-order valence-electron chi connectivity index (χ2n) is 5.32. The van der Waals surface area contributed by atoms with Crippen molar-refractivity contribution in [2.45, 2.75) is 39.7 Å². The van der Waals surface area contributed by atoms with E-state index in [4.69, 9.17) is 5.11 Å². The topological polar surface area (TPSA) is 103 Å². The van der Waals surface area contributed by atoms with Gasteiger partial charge >= 0.3 is 6.09 Å². The molecule has 2 amide bonds. The molecule has 1 aromatic heterocycles. The Bertz CT molecular complexity index is 504. The summed E-state index contributed by atoms with van der Waals surface area (Å²) in [5, 5.41) is 23.9. The first kappa shape index (κ1) is 18.4. The number of thiazole rings is 1. The highest BCUT2D eigenvalue weighted by molar-refractivity contribution is 7.13. The molecule has 0 unspecified atom stereocenters. The van der Waals surface area contributed by atoms with E-state index in [0.29, 0.717) is 17.4 Å². The molecule has 0 saturated carbocycles. The number of aliphatic hydroxyl groups is 1. The minimum atomic E-state index is -1.06. The molecule has 0 bridgehead atoms. The summed E-state index contributed by atoms with van der Waals surface area (Å²) in [6, 6.07) is 0. The van der Waals surface area contributed by atoms with E-state index in [2.05, 4.69) is 10.3 Å². The first-order valence-electron chi connectivity index (χ1n) is 7.27. The van der Waals surface area contributed by atoms with Gasteiger partial charge in [0, 0.05) is 17.8 Å². The number of unbranched alkanes of at least 4 members (excludes halogenated alkanes) is 1. The van der Waals surface area contributed by atoms with Crippen LogP contribution in [0.1, 0.15) is 45.4 Å². The lowest BCUT2D eigenvalue weighted by atomic mass is 10.2. The fraction of sp³-hybridized carbons (Fsp3) is 0.643. The number of carbonyl (C=O) groups is 2. The zero-order valence-corrected chi connectivity index (χ0v) is 13.9. The third kappa shape index (κ3) is 5.61. The Kier molecular flexibility index (Phi) is 7.26. The highest BCUT2D eigenvalue weighted by Crippen LogP contribution is 2.22. The van der Waals surface area contributed by atoms with Crippen LogP contribution in [0.5, 0.6) is 0 Å². The molecular weight excluding hydrogens is 306 g/mol. The lowest BCUT2D eigenvalue weighted by molar-refractivity contribution is -0.118. The summed E-state index contributed by atoms with van der Waals surface area (Å²) in [5.41, 5.74) is 0.367. The van der Waals surface area contributed by atoms with Gasteiger partial charge in [-0.3, -0.25) is 4.79 Å². The number of rotatable bonds is 8. The first-order valence-corrected chi connectivity index (χ1v) is 8.15. The van der Waals surface area contributed by atoms with Crippen molar-refractivity contribution in [1.29, 1.82) is 0 Å². The van der Waals surface area contributed by atoms with Gasteiger partial charge in [-0.1, -0.05) is 27.2 Å². The number of aliphatic hydroxyl groups excluding tert-OH is 1. The molecule has 1 aromatic rings. The Hall–Kier alpha value is -1.67. The molecule has 0 saturated heterocycles. The van der Waals surface area contributed by atoms with Crippen LogP contribution in [0.3, 0.4) is 0 Å². The van der Waals surface area contributed by atoms with Crippen molar-refractivity contribution in [3.05, 3.63) is 11.1 Å². The second-order valence-corrected chi connectivity index (χ2v) is 6.18. The standard InChI is InChI=1S/C14H23N3O4S/c1-4-5-6-17(14(20)21)7-11(18)10-8-22-13(15-10)16-12(19)9(2)3/h8-9,11,18H,4-7H2,1-3H3,(H,20,21)(H,15,16,19)/t11-/m0/s1. The van der Waals surface area contributed by atoms with E-state index < -0.39 is 12.2 Å². The number of carboxylic acid groups (broad SMARTS) is 1. The Morgan fingerprint density at radius 2 is 2.14 bits per heavy atom. The average molecular weight is 329 g/mol. The summed E-state index contributed by atoms with van der Waals surface area (Å²) in [6.45, 7) is 5.87. The Morgan fingerprint density at radius 1 is 1.45 bits per heavy atom. The summed E-state index contributed by atoms with van der Waals surface area (Å²) in [4.78, 5) is 28.0. The summed E-state index contributed by atoms with van der Waals surface area (Å²) < 4.78 is 0. The number of hydrogen-bond acceptors (Lipinski definition) is 5. The predicted molar refractivity (Wildman–Crippen MR) is 85.0 cm³/mol. The maximum Gasteiger partial charge on any atom is 0.407 e. The molecular formula is C14H23N3O4S. The van der Waals surface area contributed by atoms with E-state index in [-0.39, 0.29) is 18.4 Å². The van der Waals surface area contributed by atoms with Gasteiger partial charge in [-0.2, -0.15) is 0 Å². The van der Waals surface area contributed by atoms with Gasteiger partial charge in [0.2, 0.25) is 5.91 Å². The molecule has 0 spiro atoms. The highest BCUT2D eigenvalue weighted by atomic mass is 32.1. The maximum atomic E-state index is 11.6. The first-order chi connectivity index (χ1) is 10.3. The van der Waals surface area contributed by atoms with Crippen LogP contribution in [0, 0.1) is 5.92 Å². The molecule has 0 radical (unpaired) electrons. The Morgan fingerprint density at radius 3 is 2.68 bits per heavy atom. The largest absolute Gasteiger partial charge is 0.465 e. The third-order valence-electron chi connectivity index (χ3n) is 3.06. The van der Waals surface area contributed by atoms with Crippen molar-refractivity contribution < 1.29 is 19.8 Å². The van der Waals surface area contributed by atoms with Gasteiger partial charge in [-0.15, -0.1) is 11.3 Å². The van der Waals surface area contributed by atoms with Crippen LogP contribution in [0.15, 0.2) is 5.38 Å². The highest BCUT2D eigenvalue weighted by Gasteiger charge is 2.20. The number of amides is 2. The second kappa shape index (κ2) is 8.70. The van der Waals surface area contributed by atoms with E-state index >= 15 is 0 Å². The van der Waals surface area contributed by atoms with E-state index in [0.717, 1.165) is 12.8 Å². The summed E-state index contributed by atoms with van der Waals surface area (Å²) in [6.07, 6.45) is -0.446. The van der Waals surface area contributed by atoms with Crippen molar-refractivity contribution in [2.75, 3.05) is 18.4 Å². The molecule has 1 rings (SSSR count). The number of nitrogens with one attached hydrogen (secondary N) is 1. The third-order valence-corrected chi connectivity index (χ3v) is 3.84. The zero-order valence-electron chi connectivity index (χ0n) is 13.1. The van der Waals surface area contributed by atoms with Gasteiger partial charge in [-0.05, 0) is 6.42 Å². The van der Waals surface area contributed by atoms with E-state index in [1.54, 1.807) is 19.2 Å². The molecule has 1 heterocycles. The van der Waals surface area contributed by atoms with Gasteiger partial charge in [0.15, 0.2) is 5.13 Å². The number of hydrogen-bond donors (Lipinski definition) is 3. The molecule has 22 heavy (non-hydrogen) atoms. The van der Waals surface area contributed by atoms with Crippen LogP contribution in [0.4, 0.5) is 9.93 Å². The van der Waals surface area contributed by atoms with Gasteiger partial charge in [0.05, 0.1) is 12.2 Å². The van der Waals surface area contributed by atoms with Crippen molar-refractivity contribution in [3.63, 3.8) is 0 Å². The normalized spacial score (nSPS) is 12.2. The van der Waals surface area contributed by atoms with Crippen LogP contribution >= 0.6 is 11.3 Å². The summed E-state index contributed by atoms with van der Waals surface area (Å²) >= 11 is 1.21. The fourth-order valence-corrected chi connectivity index (χ4v) is 2.42. The summed E-state index contributed by atoms with van der Waals surface area (Å²) in [5.74, 6) is -0.306. The van der Waals surface area contributed by atoms with Crippen molar-refractivity contribution in [2.24, 2.45) is 5.92 Å². The van der Waals surface area contributed by atoms with Crippen LogP contribution in [0.25, 0.3) is 0 Å². The van der Waals surface area contributed by atoms with Gasteiger partial charge in [0.25, 0.3) is 0 Å². The lowest BCUT2D eigenvalue weighted by Gasteiger charge is -2.21. The molecule has 0 aliphatic heterocycles. The zero-order chi connectivity index (χ0) is 16.7. The number of aromatic nitrogens is 1. The Labute approximate surface area is 134 Å². The SMILES string of the molecule is CCCCN(C[C@H](O)c1csc(NC(=O)C(C)C)n1)C(=O)O. The van der Waals surface area contributed by atoms with Crippen LogP contribution in [-0.2, 0) is 4.79 Å². The number of carbonyl (C=O) groups excluding carboxylic acids is 1. The Balaban J connectivity index is 2.65. The number of nitrogens with zero attached hydrogens (tertiary/aromatic N) is 2. The molecule has 7 nitrogen and oxygen atoms in total. The van der Waals surface area contributed by atoms with E-state index in [1.165, 1.54) is 16.2 Å². The van der Waals surface area contributed by atoms with Crippen molar-refractivity contribution >= 4 is 28.5 Å². The molecule has 1 atom stereocenters. The molecule has 3 N–H and O–H groups in total. The van der Waals surface area contributed by atoms with Gasteiger partial charge < -0.3 is 20.4 Å².